The van der Waals surface area contributed by atoms with Crippen molar-refractivity contribution in [3.05, 3.63) is 29.6 Å². The van der Waals surface area contributed by atoms with Gasteiger partial charge in [0.25, 0.3) is 0 Å². The number of nitrogens with one attached hydrogen (secondary N) is 1. The lowest BCUT2D eigenvalue weighted by Gasteiger charge is -2.25. The minimum Gasteiger partial charge on any atom is -0.396 e. The smallest absolute Gasteiger partial charge is 0.164 e. The largest absolute Gasteiger partial charge is 0.396 e. The molecule has 18 heavy (non-hydrogen) atoms. The number of aliphatic hydroxyl groups is 1. The number of aliphatic hydroxyl groups excluding tert-OH is 1. The summed E-state index contributed by atoms with van der Waals surface area (Å²) in [5, 5.41) is 12.0. The van der Waals surface area contributed by atoms with Gasteiger partial charge in [-0.05, 0) is 30.9 Å². The Balaban J connectivity index is 2.85. The van der Waals surface area contributed by atoms with Crippen molar-refractivity contribution >= 4 is 11.5 Å². The Labute approximate surface area is 107 Å². The van der Waals surface area contributed by atoms with Crippen LogP contribution in [0.4, 0.5) is 10.1 Å². The van der Waals surface area contributed by atoms with E-state index in [0.29, 0.717) is 18.7 Å². The third-order valence-corrected chi connectivity index (χ3v) is 2.91. The number of hydrogen-bond acceptors (Lipinski definition) is 3. The van der Waals surface area contributed by atoms with Crippen LogP contribution in [0.5, 0.6) is 0 Å². The van der Waals surface area contributed by atoms with Crippen molar-refractivity contribution < 1.29 is 14.3 Å². The monoisotopic (exact) mass is 253 g/mol. The van der Waals surface area contributed by atoms with E-state index in [4.69, 9.17) is 5.11 Å². The van der Waals surface area contributed by atoms with Crippen LogP contribution in [-0.4, -0.2) is 24.0 Å². The van der Waals surface area contributed by atoms with Crippen molar-refractivity contribution in [2.24, 2.45) is 5.41 Å². The Morgan fingerprint density at radius 1 is 1.44 bits per heavy atom. The van der Waals surface area contributed by atoms with Crippen LogP contribution in [0.2, 0.25) is 0 Å². The third kappa shape index (κ3) is 3.81. The van der Waals surface area contributed by atoms with E-state index in [-0.39, 0.29) is 23.4 Å². The highest BCUT2D eigenvalue weighted by Gasteiger charge is 2.19. The summed E-state index contributed by atoms with van der Waals surface area (Å²) < 4.78 is 13.6. The van der Waals surface area contributed by atoms with Gasteiger partial charge in [0.05, 0.1) is 5.56 Å². The number of rotatable bonds is 6. The van der Waals surface area contributed by atoms with E-state index in [9.17, 15) is 9.18 Å². The number of benzene rings is 1. The maximum Gasteiger partial charge on any atom is 0.164 e. The Morgan fingerprint density at radius 2 is 2.11 bits per heavy atom. The number of carbonyl (C=O) groups excluding carboxylic acids is 1. The van der Waals surface area contributed by atoms with E-state index in [1.165, 1.54) is 13.0 Å². The lowest BCUT2D eigenvalue weighted by molar-refractivity contribution is 0.101. The van der Waals surface area contributed by atoms with Gasteiger partial charge in [0.2, 0.25) is 0 Å². The first-order valence-corrected chi connectivity index (χ1v) is 6.01. The average Bonchev–Trinajstić information content (AvgIpc) is 2.26. The van der Waals surface area contributed by atoms with E-state index in [1.54, 1.807) is 12.1 Å². The van der Waals surface area contributed by atoms with Gasteiger partial charge in [0.1, 0.15) is 5.82 Å². The second-order valence-corrected chi connectivity index (χ2v) is 5.21. The molecule has 2 N–H and O–H groups in total. The quantitative estimate of drug-likeness (QED) is 0.766. The molecule has 0 bridgehead atoms. The minimum atomic E-state index is -0.507. The molecule has 0 aliphatic carbocycles. The molecular formula is C14H20FNO2. The molecule has 3 nitrogen and oxygen atoms in total. The van der Waals surface area contributed by atoms with E-state index in [2.05, 4.69) is 5.32 Å². The maximum atomic E-state index is 13.6. The van der Waals surface area contributed by atoms with Gasteiger partial charge < -0.3 is 10.4 Å². The van der Waals surface area contributed by atoms with Crippen molar-refractivity contribution in [3.8, 4) is 0 Å². The zero-order valence-corrected chi connectivity index (χ0v) is 11.1. The highest BCUT2D eigenvalue weighted by molar-refractivity contribution is 5.99. The number of anilines is 1. The SMILES string of the molecule is CC(=O)c1c(F)cccc1NCC(C)(C)CCO. The van der Waals surface area contributed by atoms with Crippen LogP contribution in [-0.2, 0) is 0 Å². The van der Waals surface area contributed by atoms with E-state index >= 15 is 0 Å². The minimum absolute atomic E-state index is 0.0947. The first kappa shape index (κ1) is 14.6. The average molecular weight is 253 g/mol. The molecule has 0 aliphatic rings. The molecule has 0 aliphatic heterocycles. The summed E-state index contributed by atoms with van der Waals surface area (Å²) in [6.45, 7) is 6.03. The van der Waals surface area contributed by atoms with Crippen LogP contribution in [0.3, 0.4) is 0 Å². The molecule has 4 heteroatoms. The van der Waals surface area contributed by atoms with Gasteiger partial charge in [-0.25, -0.2) is 4.39 Å². The molecule has 0 radical (unpaired) electrons. The molecule has 0 saturated carbocycles. The van der Waals surface area contributed by atoms with Crippen molar-refractivity contribution in [1.29, 1.82) is 0 Å². The maximum absolute atomic E-state index is 13.6. The number of Topliss-reactive ketones (excluding diaryl/α,β-unsaturated/α-hetero) is 1. The van der Waals surface area contributed by atoms with Crippen molar-refractivity contribution in [1.82, 2.24) is 0 Å². The summed E-state index contributed by atoms with van der Waals surface area (Å²) >= 11 is 0. The third-order valence-electron chi connectivity index (χ3n) is 2.91. The van der Waals surface area contributed by atoms with Crippen LogP contribution in [0.15, 0.2) is 18.2 Å². The highest BCUT2D eigenvalue weighted by atomic mass is 19.1. The fourth-order valence-electron chi connectivity index (χ4n) is 1.75. The van der Waals surface area contributed by atoms with Gasteiger partial charge in [-0.2, -0.15) is 0 Å². The van der Waals surface area contributed by atoms with Gasteiger partial charge in [-0.1, -0.05) is 19.9 Å². The van der Waals surface area contributed by atoms with Gasteiger partial charge in [-0.15, -0.1) is 0 Å². The molecule has 0 unspecified atom stereocenters. The van der Waals surface area contributed by atoms with Crippen LogP contribution in [0, 0.1) is 11.2 Å². The predicted octanol–water partition coefficient (Wildman–Crippen LogP) is 2.85. The molecule has 1 rings (SSSR count). The molecule has 0 spiro atoms. The molecule has 1 aromatic rings. The number of carbonyl (C=O) groups is 1. The summed E-state index contributed by atoms with van der Waals surface area (Å²) in [6, 6.07) is 4.54. The molecule has 100 valence electrons. The van der Waals surface area contributed by atoms with E-state index in [1.807, 2.05) is 13.8 Å². The Morgan fingerprint density at radius 3 is 2.67 bits per heavy atom. The Hall–Kier alpha value is -1.42. The first-order valence-electron chi connectivity index (χ1n) is 6.01. The van der Waals surface area contributed by atoms with Gasteiger partial charge in [-0.3, -0.25) is 4.79 Å². The van der Waals surface area contributed by atoms with Gasteiger partial charge in [0, 0.05) is 18.8 Å². The fourth-order valence-corrected chi connectivity index (χ4v) is 1.75. The topological polar surface area (TPSA) is 49.3 Å². The molecule has 0 amide bonds. The van der Waals surface area contributed by atoms with Crippen LogP contribution < -0.4 is 5.32 Å². The summed E-state index contributed by atoms with van der Waals surface area (Å²) in [4.78, 5) is 11.4. The van der Waals surface area contributed by atoms with Crippen molar-refractivity contribution in [2.45, 2.75) is 27.2 Å². The van der Waals surface area contributed by atoms with Crippen LogP contribution in [0.1, 0.15) is 37.6 Å². The van der Waals surface area contributed by atoms with Gasteiger partial charge in [0.15, 0.2) is 5.78 Å². The van der Waals surface area contributed by atoms with Crippen LogP contribution >= 0.6 is 0 Å². The van der Waals surface area contributed by atoms with E-state index in [0.717, 1.165) is 0 Å². The Bertz CT molecular complexity index is 430. The zero-order chi connectivity index (χ0) is 13.8. The summed E-state index contributed by atoms with van der Waals surface area (Å²) in [5.74, 6) is -0.803. The number of halogens is 1. The molecule has 0 heterocycles. The zero-order valence-electron chi connectivity index (χ0n) is 11.1. The molecule has 0 saturated heterocycles. The van der Waals surface area contributed by atoms with Crippen LogP contribution in [0.25, 0.3) is 0 Å². The molecular weight excluding hydrogens is 233 g/mol. The summed E-state index contributed by atoms with van der Waals surface area (Å²) in [6.07, 6.45) is 0.644. The summed E-state index contributed by atoms with van der Waals surface area (Å²) in [5.41, 5.74) is 0.487. The first-order chi connectivity index (χ1) is 8.37. The predicted molar refractivity (Wildman–Crippen MR) is 70.4 cm³/mol. The highest BCUT2D eigenvalue weighted by Crippen LogP contribution is 2.24. The second kappa shape index (κ2) is 5.96. The lowest BCUT2D eigenvalue weighted by atomic mass is 9.89. The molecule has 1 aromatic carbocycles. The van der Waals surface area contributed by atoms with Crippen molar-refractivity contribution in [3.63, 3.8) is 0 Å². The molecule has 0 atom stereocenters. The molecule has 0 fully saturated rings. The summed E-state index contributed by atoms with van der Waals surface area (Å²) in [7, 11) is 0. The van der Waals surface area contributed by atoms with Gasteiger partial charge >= 0.3 is 0 Å². The number of ketones is 1. The van der Waals surface area contributed by atoms with Crippen molar-refractivity contribution in [2.75, 3.05) is 18.5 Å². The Kier molecular flexibility index (Phi) is 4.84. The fraction of sp³-hybridized carbons (Fsp3) is 0.500. The van der Waals surface area contributed by atoms with E-state index < -0.39 is 5.82 Å². The normalized spacial score (nSPS) is 11.4. The second-order valence-electron chi connectivity index (χ2n) is 5.21. The molecule has 0 aromatic heterocycles. The lowest BCUT2D eigenvalue weighted by Crippen LogP contribution is -2.25. The standard InChI is InChI=1S/C14H20FNO2/c1-10(18)13-11(15)5-4-6-12(13)16-9-14(2,3)7-8-17/h4-6,16-17H,7-9H2,1-3H3. The number of hydrogen-bond donors (Lipinski definition) is 2.